The number of nitrogens with one attached hydrogen (secondary N) is 1. The summed E-state index contributed by atoms with van der Waals surface area (Å²) in [4.78, 5) is 24.5. The van der Waals surface area contributed by atoms with Crippen molar-refractivity contribution >= 4 is 22.5 Å². The minimum Gasteiger partial charge on any atom is -0.491 e. The number of rotatable bonds is 7. The largest absolute Gasteiger partial charge is 0.491 e. The number of benzene rings is 2. The number of methoxy groups -OCH3 is 1. The summed E-state index contributed by atoms with van der Waals surface area (Å²) in [6.07, 6.45) is 0. The van der Waals surface area contributed by atoms with Crippen LogP contribution in [0.1, 0.15) is 0 Å². The van der Waals surface area contributed by atoms with E-state index in [4.69, 9.17) is 9.47 Å². The first-order chi connectivity index (χ1) is 12.7. The average molecular weight is 354 g/mol. The second-order valence-corrected chi connectivity index (χ2v) is 5.48. The van der Waals surface area contributed by atoms with Gasteiger partial charge in [0.25, 0.3) is 5.56 Å². The lowest BCUT2D eigenvalue weighted by atomic mass is 10.2. The standard InChI is InChI=1S/C18H18N4O4/c1-25-10-11-26-14-8-6-13(7-9-14)19-17(23)12-22-18(24)15-4-2-3-5-16(15)20-21-22/h2-9H,10-12H2,1H3,(H,19,23). The van der Waals surface area contributed by atoms with Crippen molar-refractivity contribution in [1.82, 2.24) is 15.0 Å². The van der Waals surface area contributed by atoms with Crippen LogP contribution in [0.25, 0.3) is 10.9 Å². The molecule has 1 aromatic heterocycles. The van der Waals surface area contributed by atoms with Crippen LogP contribution in [0.2, 0.25) is 0 Å². The molecule has 134 valence electrons. The maximum atomic E-state index is 12.3. The van der Waals surface area contributed by atoms with Gasteiger partial charge in [-0.05, 0) is 36.4 Å². The maximum Gasteiger partial charge on any atom is 0.278 e. The molecule has 0 aliphatic heterocycles. The predicted molar refractivity (Wildman–Crippen MR) is 96.2 cm³/mol. The Hall–Kier alpha value is -3.26. The third-order valence-electron chi connectivity index (χ3n) is 3.62. The zero-order valence-corrected chi connectivity index (χ0v) is 14.2. The molecule has 0 saturated heterocycles. The van der Waals surface area contributed by atoms with Crippen molar-refractivity contribution in [3.63, 3.8) is 0 Å². The van der Waals surface area contributed by atoms with Gasteiger partial charge in [0.05, 0.1) is 12.0 Å². The van der Waals surface area contributed by atoms with E-state index in [1.807, 2.05) is 0 Å². The van der Waals surface area contributed by atoms with E-state index < -0.39 is 0 Å². The first-order valence-electron chi connectivity index (χ1n) is 8.01. The van der Waals surface area contributed by atoms with Crippen molar-refractivity contribution in [3.05, 3.63) is 58.9 Å². The quantitative estimate of drug-likeness (QED) is 0.646. The monoisotopic (exact) mass is 354 g/mol. The number of nitrogens with zero attached hydrogens (tertiary/aromatic N) is 3. The van der Waals surface area contributed by atoms with E-state index in [0.717, 1.165) is 4.68 Å². The molecule has 0 fully saturated rings. The Labute approximate surface area is 149 Å². The molecule has 0 saturated carbocycles. The number of carbonyl (C=O) groups excluding carboxylic acids is 1. The van der Waals surface area contributed by atoms with E-state index in [9.17, 15) is 9.59 Å². The number of hydrogen-bond donors (Lipinski definition) is 1. The molecule has 0 bridgehead atoms. The number of amides is 1. The van der Waals surface area contributed by atoms with Gasteiger partial charge in [0.1, 0.15) is 24.4 Å². The molecule has 1 heterocycles. The number of anilines is 1. The molecular formula is C18H18N4O4. The Balaban J connectivity index is 1.64. The molecule has 0 aliphatic carbocycles. The lowest BCUT2D eigenvalue weighted by Gasteiger charge is -2.08. The fourth-order valence-electron chi connectivity index (χ4n) is 2.34. The van der Waals surface area contributed by atoms with E-state index in [-0.39, 0.29) is 18.0 Å². The van der Waals surface area contributed by atoms with Crippen LogP contribution in [-0.2, 0) is 16.1 Å². The third kappa shape index (κ3) is 4.22. The number of ether oxygens (including phenoxy) is 2. The van der Waals surface area contributed by atoms with Crippen molar-refractivity contribution in [1.29, 1.82) is 0 Å². The molecule has 3 aromatic rings. The average Bonchev–Trinajstić information content (AvgIpc) is 2.66. The van der Waals surface area contributed by atoms with Crippen LogP contribution in [0.3, 0.4) is 0 Å². The van der Waals surface area contributed by atoms with Gasteiger partial charge < -0.3 is 14.8 Å². The highest BCUT2D eigenvalue weighted by molar-refractivity contribution is 5.90. The Morgan fingerprint density at radius 3 is 2.65 bits per heavy atom. The molecule has 8 heteroatoms. The summed E-state index contributed by atoms with van der Waals surface area (Å²) in [5, 5.41) is 10.9. The minimum absolute atomic E-state index is 0.219. The van der Waals surface area contributed by atoms with Crippen LogP contribution in [0.5, 0.6) is 5.75 Å². The van der Waals surface area contributed by atoms with E-state index in [0.29, 0.717) is 35.6 Å². The first-order valence-corrected chi connectivity index (χ1v) is 8.01. The third-order valence-corrected chi connectivity index (χ3v) is 3.62. The highest BCUT2D eigenvalue weighted by atomic mass is 16.5. The molecule has 0 unspecified atom stereocenters. The van der Waals surface area contributed by atoms with Crippen LogP contribution >= 0.6 is 0 Å². The Kier molecular flexibility index (Phi) is 5.55. The first kappa shape index (κ1) is 17.6. The molecule has 26 heavy (non-hydrogen) atoms. The molecule has 0 radical (unpaired) electrons. The van der Waals surface area contributed by atoms with Crippen molar-refractivity contribution in [2.24, 2.45) is 0 Å². The molecule has 0 spiro atoms. The molecule has 0 aliphatic rings. The number of hydrogen-bond acceptors (Lipinski definition) is 6. The van der Waals surface area contributed by atoms with Crippen LogP contribution < -0.4 is 15.6 Å². The van der Waals surface area contributed by atoms with Gasteiger partial charge in [-0.15, -0.1) is 5.10 Å². The summed E-state index contributed by atoms with van der Waals surface area (Å²) in [5.74, 6) is 0.307. The molecule has 1 amide bonds. The summed E-state index contributed by atoms with van der Waals surface area (Å²) in [7, 11) is 1.60. The van der Waals surface area contributed by atoms with Crippen molar-refractivity contribution in [3.8, 4) is 5.75 Å². The SMILES string of the molecule is COCCOc1ccc(NC(=O)Cn2nnc3ccccc3c2=O)cc1. The number of carbonyl (C=O) groups is 1. The summed E-state index contributed by atoms with van der Waals surface area (Å²) < 4.78 is 11.4. The lowest BCUT2D eigenvalue weighted by molar-refractivity contribution is -0.117. The van der Waals surface area contributed by atoms with Crippen LogP contribution in [0.15, 0.2) is 53.3 Å². The molecular weight excluding hydrogens is 336 g/mol. The van der Waals surface area contributed by atoms with Gasteiger partial charge in [-0.3, -0.25) is 9.59 Å². The van der Waals surface area contributed by atoms with Crippen molar-refractivity contribution in [2.45, 2.75) is 6.54 Å². The van der Waals surface area contributed by atoms with Crippen molar-refractivity contribution < 1.29 is 14.3 Å². The fraction of sp³-hybridized carbons (Fsp3) is 0.222. The fourth-order valence-corrected chi connectivity index (χ4v) is 2.34. The summed E-state index contributed by atoms with van der Waals surface area (Å²) in [6, 6.07) is 13.8. The Morgan fingerprint density at radius 2 is 1.88 bits per heavy atom. The van der Waals surface area contributed by atoms with Crippen LogP contribution in [0, 0.1) is 0 Å². The molecule has 3 rings (SSSR count). The number of aromatic nitrogens is 3. The molecule has 0 atom stereocenters. The summed E-state index contributed by atoms with van der Waals surface area (Å²) in [5.41, 5.74) is 0.738. The van der Waals surface area contributed by atoms with Gasteiger partial charge >= 0.3 is 0 Å². The van der Waals surface area contributed by atoms with Gasteiger partial charge in [-0.25, -0.2) is 4.68 Å². The molecule has 8 nitrogen and oxygen atoms in total. The van der Waals surface area contributed by atoms with E-state index in [1.54, 1.807) is 55.6 Å². The zero-order valence-electron chi connectivity index (χ0n) is 14.2. The normalized spacial score (nSPS) is 10.7. The van der Waals surface area contributed by atoms with E-state index in [2.05, 4.69) is 15.6 Å². The second-order valence-electron chi connectivity index (χ2n) is 5.48. The van der Waals surface area contributed by atoms with Gasteiger partial charge in [0.2, 0.25) is 5.91 Å². The van der Waals surface area contributed by atoms with Gasteiger partial charge in [0, 0.05) is 12.8 Å². The topological polar surface area (TPSA) is 95.3 Å². The van der Waals surface area contributed by atoms with Crippen molar-refractivity contribution in [2.75, 3.05) is 25.6 Å². The van der Waals surface area contributed by atoms with Gasteiger partial charge in [0.15, 0.2) is 0 Å². The zero-order chi connectivity index (χ0) is 18.4. The second kappa shape index (κ2) is 8.21. The summed E-state index contributed by atoms with van der Waals surface area (Å²) in [6.45, 7) is 0.731. The lowest BCUT2D eigenvalue weighted by Crippen LogP contribution is -2.30. The Bertz CT molecular complexity index is 953. The molecule has 1 N–H and O–H groups in total. The number of fused-ring (bicyclic) bond motifs is 1. The van der Waals surface area contributed by atoms with Crippen LogP contribution in [0.4, 0.5) is 5.69 Å². The predicted octanol–water partition coefficient (Wildman–Crippen LogP) is 1.46. The maximum absolute atomic E-state index is 12.3. The summed E-state index contributed by atoms with van der Waals surface area (Å²) >= 11 is 0. The highest BCUT2D eigenvalue weighted by Gasteiger charge is 2.09. The van der Waals surface area contributed by atoms with E-state index >= 15 is 0 Å². The van der Waals surface area contributed by atoms with Gasteiger partial charge in [-0.2, -0.15) is 0 Å². The minimum atomic E-state index is -0.371. The van der Waals surface area contributed by atoms with E-state index in [1.165, 1.54) is 0 Å². The Morgan fingerprint density at radius 1 is 1.12 bits per heavy atom. The van der Waals surface area contributed by atoms with Gasteiger partial charge in [-0.1, -0.05) is 17.3 Å². The molecule has 2 aromatic carbocycles. The highest BCUT2D eigenvalue weighted by Crippen LogP contribution is 2.15. The smallest absolute Gasteiger partial charge is 0.278 e. The van der Waals surface area contributed by atoms with Crippen LogP contribution in [-0.4, -0.2) is 41.2 Å².